The quantitative estimate of drug-likeness (QED) is 0.434. The van der Waals surface area contributed by atoms with Gasteiger partial charge in [0.2, 0.25) is 0 Å². The monoisotopic (exact) mass is 472 g/mol. The molecule has 1 aromatic heterocycles. The maximum atomic E-state index is 13.1. The molecule has 164 valence electrons. The van der Waals surface area contributed by atoms with Crippen molar-refractivity contribution in [2.45, 2.75) is 11.4 Å². The summed E-state index contributed by atoms with van der Waals surface area (Å²) in [5.41, 5.74) is 1.85. The molecule has 0 aliphatic carbocycles. The Bertz CT molecular complexity index is 1370. The molecule has 3 aromatic carbocycles. The first kappa shape index (κ1) is 21.8. The van der Waals surface area contributed by atoms with Crippen molar-refractivity contribution in [2.24, 2.45) is 0 Å². The van der Waals surface area contributed by atoms with Gasteiger partial charge in [0.1, 0.15) is 11.6 Å². The number of aromatic amines is 1. The number of aromatic nitrogens is 2. The van der Waals surface area contributed by atoms with Gasteiger partial charge in [-0.05, 0) is 54.6 Å². The first-order chi connectivity index (χ1) is 15.2. The minimum absolute atomic E-state index is 0.0345. The molecule has 7 nitrogen and oxygen atoms in total. The third-order valence-corrected chi connectivity index (χ3v) is 6.46. The van der Waals surface area contributed by atoms with E-state index in [1.165, 1.54) is 35.2 Å². The zero-order valence-corrected chi connectivity index (χ0v) is 18.4. The molecule has 0 aliphatic heterocycles. The minimum Gasteiger partial charge on any atom is -0.340 e. The fraction of sp³-hybridized carbons (Fsp3) is 0.0909. The number of benzene rings is 3. The highest BCUT2D eigenvalue weighted by Crippen LogP contribution is 2.24. The average Bonchev–Trinajstić information content (AvgIpc) is 3.17. The summed E-state index contributed by atoms with van der Waals surface area (Å²) in [6.45, 7) is 0.175. The fourth-order valence-corrected chi connectivity index (χ4v) is 4.43. The summed E-state index contributed by atoms with van der Waals surface area (Å²) in [6.07, 6.45) is 0. The van der Waals surface area contributed by atoms with Crippen LogP contribution in [0.4, 0.5) is 10.1 Å². The van der Waals surface area contributed by atoms with E-state index < -0.39 is 21.7 Å². The molecule has 1 heterocycles. The number of nitrogens with one attached hydrogen (secondary N) is 2. The molecule has 0 radical (unpaired) electrons. The molecular formula is C22H18ClFN4O3S. The van der Waals surface area contributed by atoms with Gasteiger partial charge in [0.15, 0.2) is 0 Å². The Kier molecular flexibility index (Phi) is 5.86. The second-order valence-corrected chi connectivity index (χ2v) is 9.21. The smallest absolute Gasteiger partial charge is 0.261 e. The van der Waals surface area contributed by atoms with Crippen LogP contribution in [-0.2, 0) is 16.6 Å². The SMILES string of the molecule is CN(Cc1nc2ccccc2[nH]1)C(=O)c1cc(S(=O)(=O)Nc2ccc(F)cc2)ccc1Cl. The van der Waals surface area contributed by atoms with Crippen molar-refractivity contribution in [1.82, 2.24) is 14.9 Å². The van der Waals surface area contributed by atoms with Crippen molar-refractivity contribution in [3.63, 3.8) is 0 Å². The van der Waals surface area contributed by atoms with Crippen molar-refractivity contribution in [3.8, 4) is 0 Å². The van der Waals surface area contributed by atoms with Crippen LogP contribution in [0, 0.1) is 5.82 Å². The highest BCUT2D eigenvalue weighted by Gasteiger charge is 2.22. The van der Waals surface area contributed by atoms with Crippen LogP contribution in [0.15, 0.2) is 71.6 Å². The van der Waals surface area contributed by atoms with Crippen LogP contribution in [0.2, 0.25) is 5.02 Å². The van der Waals surface area contributed by atoms with E-state index in [0.717, 1.165) is 23.2 Å². The number of carbonyl (C=O) groups is 1. The van der Waals surface area contributed by atoms with Crippen LogP contribution in [-0.4, -0.2) is 36.2 Å². The Morgan fingerprint density at radius 2 is 1.84 bits per heavy atom. The third kappa shape index (κ3) is 4.58. The van der Waals surface area contributed by atoms with Crippen molar-refractivity contribution in [1.29, 1.82) is 0 Å². The zero-order valence-electron chi connectivity index (χ0n) is 16.8. The fourth-order valence-electron chi connectivity index (χ4n) is 3.15. The summed E-state index contributed by atoms with van der Waals surface area (Å²) in [6, 6.07) is 16.2. The van der Waals surface area contributed by atoms with E-state index in [-0.39, 0.29) is 27.7 Å². The second-order valence-electron chi connectivity index (χ2n) is 7.12. The number of hydrogen-bond acceptors (Lipinski definition) is 4. The molecule has 0 spiro atoms. The molecular weight excluding hydrogens is 455 g/mol. The van der Waals surface area contributed by atoms with Gasteiger partial charge in [0.05, 0.1) is 33.1 Å². The maximum Gasteiger partial charge on any atom is 0.261 e. The van der Waals surface area contributed by atoms with Gasteiger partial charge in [0, 0.05) is 12.7 Å². The number of H-pyrrole nitrogens is 1. The van der Waals surface area contributed by atoms with Crippen molar-refractivity contribution in [2.75, 3.05) is 11.8 Å². The Labute approximate surface area is 188 Å². The van der Waals surface area contributed by atoms with Crippen molar-refractivity contribution >= 4 is 44.3 Å². The van der Waals surface area contributed by atoms with E-state index in [4.69, 9.17) is 11.6 Å². The first-order valence-corrected chi connectivity index (χ1v) is 11.4. The lowest BCUT2D eigenvalue weighted by Crippen LogP contribution is -2.27. The highest BCUT2D eigenvalue weighted by atomic mass is 35.5. The van der Waals surface area contributed by atoms with Crippen molar-refractivity contribution < 1.29 is 17.6 Å². The molecule has 0 fully saturated rings. The Morgan fingerprint density at radius 3 is 2.56 bits per heavy atom. The molecule has 0 unspecified atom stereocenters. The molecule has 2 N–H and O–H groups in total. The molecule has 0 saturated heterocycles. The molecule has 1 amide bonds. The number of para-hydroxylation sites is 2. The van der Waals surface area contributed by atoms with Gasteiger partial charge >= 0.3 is 0 Å². The molecule has 0 aliphatic rings. The van der Waals surface area contributed by atoms with E-state index >= 15 is 0 Å². The number of halogens is 2. The van der Waals surface area contributed by atoms with Crippen LogP contribution in [0.5, 0.6) is 0 Å². The summed E-state index contributed by atoms with van der Waals surface area (Å²) in [7, 11) is -2.45. The maximum absolute atomic E-state index is 13.1. The molecule has 10 heteroatoms. The lowest BCUT2D eigenvalue weighted by atomic mass is 10.2. The largest absolute Gasteiger partial charge is 0.340 e. The second kappa shape index (κ2) is 8.60. The van der Waals surface area contributed by atoms with Gasteiger partial charge in [-0.1, -0.05) is 23.7 Å². The third-order valence-electron chi connectivity index (χ3n) is 4.75. The summed E-state index contributed by atoms with van der Waals surface area (Å²) >= 11 is 6.20. The predicted octanol–water partition coefficient (Wildman–Crippen LogP) is 4.43. The number of fused-ring (bicyclic) bond motifs is 1. The lowest BCUT2D eigenvalue weighted by molar-refractivity contribution is 0.0782. The molecule has 0 atom stereocenters. The molecule has 4 rings (SSSR count). The number of imidazole rings is 1. The number of carbonyl (C=O) groups excluding carboxylic acids is 1. The Hall–Kier alpha value is -3.43. The summed E-state index contributed by atoms with van der Waals surface area (Å²) in [5, 5.41) is 0.118. The van der Waals surface area contributed by atoms with Gasteiger partial charge in [-0.15, -0.1) is 0 Å². The number of anilines is 1. The van der Waals surface area contributed by atoms with Crippen LogP contribution in [0.3, 0.4) is 0 Å². The molecule has 32 heavy (non-hydrogen) atoms. The number of sulfonamides is 1. The first-order valence-electron chi connectivity index (χ1n) is 9.50. The summed E-state index contributed by atoms with van der Waals surface area (Å²) in [5.74, 6) is -0.367. The number of nitrogens with zero attached hydrogens (tertiary/aromatic N) is 2. The Morgan fingerprint density at radius 1 is 1.12 bits per heavy atom. The molecule has 0 bridgehead atoms. The normalized spacial score (nSPS) is 11.5. The van der Waals surface area contributed by atoms with Crippen LogP contribution >= 0.6 is 11.6 Å². The van der Waals surface area contributed by atoms with Gasteiger partial charge < -0.3 is 9.88 Å². The predicted molar refractivity (Wildman–Crippen MR) is 121 cm³/mol. The van der Waals surface area contributed by atoms with Crippen LogP contribution in [0.25, 0.3) is 11.0 Å². The number of rotatable bonds is 6. The van der Waals surface area contributed by atoms with Gasteiger partial charge in [0.25, 0.3) is 15.9 Å². The van der Waals surface area contributed by atoms with Gasteiger partial charge in [-0.25, -0.2) is 17.8 Å². The topological polar surface area (TPSA) is 95.2 Å². The lowest BCUT2D eigenvalue weighted by Gasteiger charge is -2.17. The van der Waals surface area contributed by atoms with E-state index in [2.05, 4.69) is 14.7 Å². The highest BCUT2D eigenvalue weighted by molar-refractivity contribution is 7.92. The minimum atomic E-state index is -4.02. The Balaban J connectivity index is 1.56. The van der Waals surface area contributed by atoms with Crippen LogP contribution in [0.1, 0.15) is 16.2 Å². The number of amides is 1. The van der Waals surface area contributed by atoms with E-state index in [0.29, 0.717) is 5.82 Å². The van der Waals surface area contributed by atoms with E-state index in [1.807, 2.05) is 24.3 Å². The standard InChI is InChI=1S/C22H18ClFN4O3S/c1-28(13-21-25-19-4-2-3-5-20(19)26-21)22(29)17-12-16(10-11-18(17)23)32(30,31)27-15-8-6-14(24)7-9-15/h2-12,27H,13H2,1H3,(H,25,26). The van der Waals surface area contributed by atoms with Crippen molar-refractivity contribution in [3.05, 3.63) is 89.0 Å². The summed E-state index contributed by atoms with van der Waals surface area (Å²) < 4.78 is 40.9. The molecule has 4 aromatic rings. The number of hydrogen-bond donors (Lipinski definition) is 2. The van der Waals surface area contributed by atoms with E-state index in [1.54, 1.807) is 7.05 Å². The van der Waals surface area contributed by atoms with E-state index in [9.17, 15) is 17.6 Å². The van der Waals surface area contributed by atoms with Gasteiger partial charge in [-0.3, -0.25) is 9.52 Å². The van der Waals surface area contributed by atoms with Gasteiger partial charge in [-0.2, -0.15) is 0 Å². The zero-order chi connectivity index (χ0) is 22.9. The molecule has 0 saturated carbocycles. The average molecular weight is 473 g/mol. The van der Waals surface area contributed by atoms with Crippen LogP contribution < -0.4 is 4.72 Å². The summed E-state index contributed by atoms with van der Waals surface area (Å²) in [4.78, 5) is 21.8.